The van der Waals surface area contributed by atoms with Crippen LogP contribution in [0.25, 0.3) is 0 Å². The summed E-state index contributed by atoms with van der Waals surface area (Å²) in [7, 11) is -3.79. The van der Waals surface area contributed by atoms with Crippen molar-refractivity contribution in [2.75, 3.05) is 19.7 Å². The number of aliphatic hydroxyl groups is 1. The van der Waals surface area contributed by atoms with E-state index in [9.17, 15) is 18.3 Å². The first-order chi connectivity index (χ1) is 8.98. The van der Waals surface area contributed by atoms with Crippen molar-refractivity contribution in [1.29, 1.82) is 0 Å². The molecule has 1 unspecified atom stereocenters. The summed E-state index contributed by atoms with van der Waals surface area (Å²) in [6, 6.07) is -1.39. The Hall–Kier alpha value is -0.700. The van der Waals surface area contributed by atoms with Crippen LogP contribution in [0.15, 0.2) is 0 Å². The molecule has 0 bridgehead atoms. The van der Waals surface area contributed by atoms with Gasteiger partial charge >= 0.3 is 5.97 Å². The monoisotopic (exact) mass is 292 g/mol. The average Bonchev–Trinajstić information content (AvgIpc) is 2.87. The van der Waals surface area contributed by atoms with Gasteiger partial charge in [-0.15, -0.1) is 0 Å². The molecule has 2 N–H and O–H groups in total. The van der Waals surface area contributed by atoms with Gasteiger partial charge in [0.1, 0.15) is 6.04 Å². The Bertz CT molecular complexity index is 438. The molecule has 2 fully saturated rings. The van der Waals surface area contributed by atoms with Crippen molar-refractivity contribution < 1.29 is 23.4 Å². The maximum absolute atomic E-state index is 12.5. The van der Waals surface area contributed by atoms with Crippen molar-refractivity contribution >= 4 is 16.2 Å². The van der Waals surface area contributed by atoms with Gasteiger partial charge in [0.2, 0.25) is 0 Å². The number of carboxylic acid groups (broad SMARTS) is 1. The van der Waals surface area contributed by atoms with Gasteiger partial charge in [0.15, 0.2) is 0 Å². The van der Waals surface area contributed by atoms with Gasteiger partial charge in [-0.25, -0.2) is 0 Å². The summed E-state index contributed by atoms with van der Waals surface area (Å²) >= 11 is 0. The van der Waals surface area contributed by atoms with E-state index in [2.05, 4.69) is 0 Å². The molecule has 8 heteroatoms. The molecule has 0 saturated carbocycles. The van der Waals surface area contributed by atoms with E-state index in [4.69, 9.17) is 5.11 Å². The summed E-state index contributed by atoms with van der Waals surface area (Å²) < 4.78 is 27.4. The summed E-state index contributed by atoms with van der Waals surface area (Å²) in [5, 5.41) is 18.4. The number of aliphatic hydroxyl groups excluding tert-OH is 1. The van der Waals surface area contributed by atoms with Crippen LogP contribution < -0.4 is 0 Å². The van der Waals surface area contributed by atoms with Crippen molar-refractivity contribution in [2.45, 2.75) is 44.2 Å². The van der Waals surface area contributed by atoms with Crippen LogP contribution in [0.2, 0.25) is 0 Å². The maximum Gasteiger partial charge on any atom is 0.322 e. The molecule has 2 aliphatic rings. The number of piperidine rings is 1. The zero-order valence-corrected chi connectivity index (χ0v) is 11.5. The quantitative estimate of drug-likeness (QED) is 0.736. The fourth-order valence-corrected chi connectivity index (χ4v) is 4.91. The number of hydrogen-bond acceptors (Lipinski definition) is 4. The van der Waals surface area contributed by atoms with Crippen molar-refractivity contribution in [3.63, 3.8) is 0 Å². The number of carbonyl (C=O) groups is 1. The normalized spacial score (nSPS) is 30.6. The lowest BCUT2D eigenvalue weighted by Crippen LogP contribution is -2.54. The predicted molar refractivity (Wildman–Crippen MR) is 67.7 cm³/mol. The molecule has 0 spiro atoms. The van der Waals surface area contributed by atoms with Crippen LogP contribution in [0, 0.1) is 0 Å². The molecule has 0 radical (unpaired) electrons. The Morgan fingerprint density at radius 3 is 2.42 bits per heavy atom. The first kappa shape index (κ1) is 14.7. The molecular weight excluding hydrogens is 272 g/mol. The van der Waals surface area contributed by atoms with E-state index < -0.39 is 28.3 Å². The topological polar surface area (TPSA) is 98.2 Å². The average molecular weight is 292 g/mol. The van der Waals surface area contributed by atoms with Gasteiger partial charge in [-0.3, -0.25) is 4.79 Å². The number of hydrogen-bond donors (Lipinski definition) is 2. The molecular formula is C11H20N2O5S. The Morgan fingerprint density at radius 2 is 1.79 bits per heavy atom. The van der Waals surface area contributed by atoms with E-state index in [1.54, 1.807) is 0 Å². The summed E-state index contributed by atoms with van der Waals surface area (Å²) in [6.45, 7) is 0.384. The van der Waals surface area contributed by atoms with Gasteiger partial charge in [0.25, 0.3) is 10.2 Å². The number of aliphatic carboxylic acids is 1. The molecule has 2 saturated heterocycles. The van der Waals surface area contributed by atoms with Crippen LogP contribution in [0.1, 0.15) is 32.1 Å². The minimum atomic E-state index is -3.79. The van der Waals surface area contributed by atoms with Crippen LogP contribution in [-0.4, -0.2) is 65.0 Å². The highest BCUT2D eigenvalue weighted by molar-refractivity contribution is 7.86. The Kier molecular flexibility index (Phi) is 4.44. The molecule has 0 aromatic carbocycles. The zero-order chi connectivity index (χ0) is 14.0. The molecule has 0 amide bonds. The molecule has 2 rings (SSSR count). The molecule has 0 aromatic rings. The highest BCUT2D eigenvalue weighted by Crippen LogP contribution is 2.28. The number of nitrogens with zero attached hydrogens (tertiary/aromatic N) is 2. The predicted octanol–water partition coefficient (Wildman–Crippen LogP) is -0.373. The zero-order valence-electron chi connectivity index (χ0n) is 10.7. The minimum absolute atomic E-state index is 0.217. The fourth-order valence-electron chi connectivity index (χ4n) is 2.86. The van der Waals surface area contributed by atoms with Gasteiger partial charge in [-0.05, 0) is 32.1 Å². The Morgan fingerprint density at radius 1 is 1.11 bits per heavy atom. The molecule has 7 nitrogen and oxygen atoms in total. The van der Waals surface area contributed by atoms with E-state index in [1.807, 2.05) is 0 Å². The van der Waals surface area contributed by atoms with Gasteiger partial charge < -0.3 is 10.2 Å². The van der Waals surface area contributed by atoms with Crippen molar-refractivity contribution in [3.8, 4) is 0 Å². The highest BCUT2D eigenvalue weighted by Gasteiger charge is 2.43. The lowest BCUT2D eigenvalue weighted by molar-refractivity contribution is -0.142. The van der Waals surface area contributed by atoms with Crippen LogP contribution in [0.5, 0.6) is 0 Å². The maximum atomic E-state index is 12.5. The lowest BCUT2D eigenvalue weighted by Gasteiger charge is -2.36. The second-order valence-electron chi connectivity index (χ2n) is 5.06. The van der Waals surface area contributed by atoms with E-state index in [1.165, 1.54) is 4.31 Å². The third-order valence-electron chi connectivity index (χ3n) is 3.87. The van der Waals surface area contributed by atoms with Gasteiger partial charge in [0.05, 0.1) is 6.61 Å². The van der Waals surface area contributed by atoms with Crippen LogP contribution in [0.4, 0.5) is 0 Å². The second-order valence-corrected chi connectivity index (χ2v) is 6.89. The molecule has 0 aromatic heterocycles. The molecule has 2 heterocycles. The smallest absolute Gasteiger partial charge is 0.322 e. The minimum Gasteiger partial charge on any atom is -0.480 e. The molecule has 2 atom stereocenters. The van der Waals surface area contributed by atoms with Crippen LogP contribution >= 0.6 is 0 Å². The van der Waals surface area contributed by atoms with E-state index >= 15 is 0 Å². The second kappa shape index (κ2) is 5.74. The summed E-state index contributed by atoms with van der Waals surface area (Å²) in [5.41, 5.74) is 0. The molecule has 2 aliphatic heterocycles. The van der Waals surface area contributed by atoms with Gasteiger partial charge in [-0.2, -0.15) is 17.0 Å². The van der Waals surface area contributed by atoms with Gasteiger partial charge in [0, 0.05) is 19.1 Å². The first-order valence-corrected chi connectivity index (χ1v) is 8.00. The van der Waals surface area contributed by atoms with Crippen molar-refractivity contribution in [3.05, 3.63) is 0 Å². The van der Waals surface area contributed by atoms with Gasteiger partial charge in [-0.1, -0.05) is 0 Å². The van der Waals surface area contributed by atoms with Crippen LogP contribution in [0.3, 0.4) is 0 Å². The van der Waals surface area contributed by atoms with E-state index in [0.29, 0.717) is 32.2 Å². The largest absolute Gasteiger partial charge is 0.480 e. The SMILES string of the molecule is O=C(O)C1CCCCN1S(=O)(=O)N1CCC[C@@H]1CO. The van der Waals surface area contributed by atoms with Crippen molar-refractivity contribution in [2.24, 2.45) is 0 Å². The first-order valence-electron chi connectivity index (χ1n) is 6.60. The summed E-state index contributed by atoms with van der Waals surface area (Å²) in [4.78, 5) is 11.2. The summed E-state index contributed by atoms with van der Waals surface area (Å²) in [6.07, 6.45) is 3.09. The van der Waals surface area contributed by atoms with Crippen molar-refractivity contribution in [1.82, 2.24) is 8.61 Å². The third kappa shape index (κ3) is 2.76. The standard InChI is InChI=1S/C11H20N2O5S/c14-8-9-4-3-7-12(9)19(17,18)13-6-2-1-5-10(13)11(15)16/h9-10,14H,1-8H2,(H,15,16)/t9-,10?/m1/s1. The third-order valence-corrected chi connectivity index (χ3v) is 5.97. The Balaban J connectivity index is 2.24. The molecule has 19 heavy (non-hydrogen) atoms. The molecule has 110 valence electrons. The van der Waals surface area contributed by atoms with Crippen LogP contribution in [-0.2, 0) is 15.0 Å². The fraction of sp³-hybridized carbons (Fsp3) is 0.909. The Labute approximate surface area is 113 Å². The highest BCUT2D eigenvalue weighted by atomic mass is 32.2. The van der Waals surface area contributed by atoms with E-state index in [0.717, 1.165) is 10.7 Å². The molecule has 0 aliphatic carbocycles. The lowest BCUT2D eigenvalue weighted by atomic mass is 10.1. The summed E-state index contributed by atoms with van der Waals surface area (Å²) in [5.74, 6) is -1.09. The van der Waals surface area contributed by atoms with E-state index in [-0.39, 0.29) is 13.2 Å². The number of rotatable bonds is 4. The number of carboxylic acids is 1.